The predicted molar refractivity (Wildman–Crippen MR) is 104 cm³/mol. The highest BCUT2D eigenvalue weighted by Gasteiger charge is 2.31. The van der Waals surface area contributed by atoms with Gasteiger partial charge in [-0.1, -0.05) is 35.0 Å². The Hall–Kier alpha value is -2.40. The van der Waals surface area contributed by atoms with E-state index in [-0.39, 0.29) is 24.0 Å². The molecule has 2 amide bonds. The van der Waals surface area contributed by atoms with Crippen LogP contribution in [0.1, 0.15) is 18.1 Å². The fourth-order valence-electron chi connectivity index (χ4n) is 2.58. The number of amides is 2. The van der Waals surface area contributed by atoms with Crippen LogP contribution in [-0.2, 0) is 9.59 Å². The lowest BCUT2D eigenvalue weighted by Gasteiger charge is -2.23. The molecule has 3 rings (SSSR count). The monoisotopic (exact) mass is 421 g/mol. The molecule has 27 heavy (non-hydrogen) atoms. The van der Waals surface area contributed by atoms with Crippen LogP contribution in [0, 0.1) is 11.3 Å². The lowest BCUT2D eigenvalue weighted by Crippen LogP contribution is -2.31. The number of carbonyl (C=O) groups excluding carboxylic acids is 2. The fourth-order valence-corrected chi connectivity index (χ4v) is 3.91. The van der Waals surface area contributed by atoms with E-state index in [1.165, 1.54) is 12.3 Å². The number of hydrogen-bond acceptors (Lipinski definition) is 5. The zero-order chi connectivity index (χ0) is 19.4. The molecule has 0 bridgehead atoms. The smallest absolute Gasteiger partial charge is 0.234 e. The van der Waals surface area contributed by atoms with Crippen LogP contribution in [0.5, 0.6) is 0 Å². The third-order valence-corrected chi connectivity index (χ3v) is 5.36. The van der Waals surface area contributed by atoms with E-state index >= 15 is 0 Å². The summed E-state index contributed by atoms with van der Waals surface area (Å²) in [7, 11) is 0. The van der Waals surface area contributed by atoms with Crippen molar-refractivity contribution in [2.45, 2.75) is 12.3 Å². The number of thioether (sulfide) groups is 1. The summed E-state index contributed by atoms with van der Waals surface area (Å²) >= 11 is 12.9. The first-order chi connectivity index (χ1) is 13.0. The maximum Gasteiger partial charge on any atom is 0.234 e. The van der Waals surface area contributed by atoms with Crippen molar-refractivity contribution >= 4 is 52.5 Å². The first kappa shape index (κ1) is 19.4. The molecule has 1 aliphatic heterocycles. The van der Waals surface area contributed by atoms with Gasteiger partial charge in [0.15, 0.2) is 0 Å². The molecule has 1 aliphatic rings. The van der Waals surface area contributed by atoms with E-state index < -0.39 is 5.92 Å². The number of rotatable bonds is 5. The van der Waals surface area contributed by atoms with Crippen LogP contribution in [0.3, 0.4) is 0 Å². The summed E-state index contributed by atoms with van der Waals surface area (Å²) in [4.78, 5) is 24.2. The van der Waals surface area contributed by atoms with E-state index in [0.29, 0.717) is 32.1 Å². The molecule has 2 aromatic rings. The van der Waals surface area contributed by atoms with Gasteiger partial charge in [-0.15, -0.1) is 0 Å². The first-order valence-corrected chi connectivity index (χ1v) is 9.57. The van der Waals surface area contributed by atoms with Gasteiger partial charge in [0.2, 0.25) is 11.8 Å². The van der Waals surface area contributed by atoms with E-state index in [1.54, 1.807) is 24.3 Å². The molecule has 0 saturated carbocycles. The second-order valence-electron chi connectivity index (χ2n) is 5.64. The molecule has 9 heteroatoms. The molecule has 138 valence electrons. The second kappa shape index (κ2) is 8.53. The number of benzene rings is 1. The van der Waals surface area contributed by atoms with Crippen molar-refractivity contribution in [3.63, 3.8) is 0 Å². The van der Waals surface area contributed by atoms with Gasteiger partial charge in [-0.2, -0.15) is 5.26 Å². The van der Waals surface area contributed by atoms with Crippen molar-refractivity contribution in [3.05, 3.63) is 63.0 Å². The lowest BCUT2D eigenvalue weighted by atomic mass is 9.92. The second-order valence-corrected chi connectivity index (χ2v) is 7.47. The van der Waals surface area contributed by atoms with Crippen molar-refractivity contribution < 1.29 is 14.0 Å². The number of nitriles is 1. The Bertz CT molecular complexity index is 951. The van der Waals surface area contributed by atoms with Crippen LogP contribution >= 0.6 is 35.0 Å². The van der Waals surface area contributed by atoms with Crippen LogP contribution < -0.4 is 10.6 Å². The molecule has 0 unspecified atom stereocenters. The zero-order valence-corrected chi connectivity index (χ0v) is 16.1. The Morgan fingerprint density at radius 1 is 1.41 bits per heavy atom. The van der Waals surface area contributed by atoms with Crippen molar-refractivity contribution in [1.29, 1.82) is 5.26 Å². The van der Waals surface area contributed by atoms with Gasteiger partial charge in [0.05, 0.1) is 45.3 Å². The molecule has 0 saturated heterocycles. The van der Waals surface area contributed by atoms with E-state index in [1.807, 2.05) is 0 Å². The molecule has 0 spiro atoms. The number of anilines is 1. The molecule has 1 aromatic heterocycles. The third-order valence-electron chi connectivity index (χ3n) is 3.80. The van der Waals surface area contributed by atoms with Gasteiger partial charge in [0.1, 0.15) is 5.76 Å². The number of furan rings is 1. The van der Waals surface area contributed by atoms with E-state index in [2.05, 4.69) is 16.7 Å². The molecule has 2 N–H and O–H groups in total. The van der Waals surface area contributed by atoms with Gasteiger partial charge >= 0.3 is 0 Å². The Balaban J connectivity index is 1.72. The normalized spacial score (nSPS) is 16.6. The largest absolute Gasteiger partial charge is 0.469 e. The highest BCUT2D eigenvalue weighted by molar-refractivity contribution is 8.03. The van der Waals surface area contributed by atoms with E-state index in [0.717, 1.165) is 11.8 Å². The van der Waals surface area contributed by atoms with Gasteiger partial charge in [-0.3, -0.25) is 9.59 Å². The standard InChI is InChI=1S/C18H13Cl2N3O3S/c19-10-3-4-14(13(20)6-10)22-17(25)9-27-18-12(8-21)11(7-16(24)23-18)15-2-1-5-26-15/h1-6,11H,7,9H2,(H,22,25)(H,23,24)/t11-/m0/s1. The average Bonchev–Trinajstić information content (AvgIpc) is 3.16. The molecular formula is C18H13Cl2N3O3S. The van der Waals surface area contributed by atoms with Gasteiger partial charge in [0, 0.05) is 11.4 Å². The van der Waals surface area contributed by atoms with Crippen LogP contribution in [0.25, 0.3) is 0 Å². The summed E-state index contributed by atoms with van der Waals surface area (Å²) in [5.74, 6) is -0.501. The topological polar surface area (TPSA) is 95.1 Å². The number of hydrogen-bond donors (Lipinski definition) is 2. The Morgan fingerprint density at radius 2 is 2.22 bits per heavy atom. The van der Waals surface area contributed by atoms with Crippen LogP contribution in [0.15, 0.2) is 51.6 Å². The van der Waals surface area contributed by atoms with Gasteiger partial charge in [-0.05, 0) is 30.3 Å². The van der Waals surface area contributed by atoms with E-state index in [4.69, 9.17) is 27.6 Å². The Morgan fingerprint density at radius 3 is 2.89 bits per heavy atom. The number of halogens is 2. The number of nitrogens with zero attached hydrogens (tertiary/aromatic N) is 1. The van der Waals surface area contributed by atoms with Crippen LogP contribution in [-0.4, -0.2) is 17.6 Å². The first-order valence-electron chi connectivity index (χ1n) is 7.83. The molecule has 1 aromatic carbocycles. The molecule has 2 heterocycles. The molecule has 6 nitrogen and oxygen atoms in total. The number of nitrogens with one attached hydrogen (secondary N) is 2. The maximum absolute atomic E-state index is 12.2. The Labute approximate surface area is 169 Å². The molecule has 0 radical (unpaired) electrons. The van der Waals surface area contributed by atoms with Crippen LogP contribution in [0.4, 0.5) is 5.69 Å². The summed E-state index contributed by atoms with van der Waals surface area (Å²) in [6.45, 7) is 0. The van der Waals surface area contributed by atoms with E-state index in [9.17, 15) is 14.9 Å². The minimum absolute atomic E-state index is 0.00930. The summed E-state index contributed by atoms with van der Waals surface area (Å²) in [6, 6.07) is 10.3. The number of allylic oxidation sites excluding steroid dienone is 1. The van der Waals surface area contributed by atoms with Gasteiger partial charge < -0.3 is 15.1 Å². The number of carbonyl (C=O) groups is 2. The lowest BCUT2D eigenvalue weighted by molar-refractivity contribution is -0.121. The SMILES string of the molecule is N#CC1=C(SCC(=O)Nc2ccc(Cl)cc2Cl)NC(=O)C[C@@H]1c1ccco1. The van der Waals surface area contributed by atoms with Crippen molar-refractivity contribution in [1.82, 2.24) is 5.32 Å². The Kier molecular flexibility index (Phi) is 6.11. The summed E-state index contributed by atoms with van der Waals surface area (Å²) in [5, 5.41) is 16.0. The third kappa shape index (κ3) is 4.66. The van der Waals surface area contributed by atoms with Crippen molar-refractivity contribution in [2.24, 2.45) is 0 Å². The van der Waals surface area contributed by atoms with Gasteiger partial charge in [-0.25, -0.2) is 0 Å². The molecule has 0 aliphatic carbocycles. The summed E-state index contributed by atoms with van der Waals surface area (Å²) < 4.78 is 5.35. The highest BCUT2D eigenvalue weighted by Crippen LogP contribution is 2.36. The fraction of sp³-hybridized carbons (Fsp3) is 0.167. The quantitative estimate of drug-likeness (QED) is 0.749. The average molecular weight is 422 g/mol. The summed E-state index contributed by atoms with van der Waals surface area (Å²) in [6.07, 6.45) is 1.61. The van der Waals surface area contributed by atoms with Crippen molar-refractivity contribution in [3.8, 4) is 6.07 Å². The minimum Gasteiger partial charge on any atom is -0.469 e. The zero-order valence-electron chi connectivity index (χ0n) is 13.8. The van der Waals surface area contributed by atoms with Crippen molar-refractivity contribution in [2.75, 3.05) is 11.1 Å². The molecule has 0 fully saturated rings. The minimum atomic E-state index is -0.463. The molecular weight excluding hydrogens is 409 g/mol. The maximum atomic E-state index is 12.2. The predicted octanol–water partition coefficient (Wildman–Crippen LogP) is 4.30. The molecule has 1 atom stereocenters. The van der Waals surface area contributed by atoms with Crippen LogP contribution in [0.2, 0.25) is 10.0 Å². The highest BCUT2D eigenvalue weighted by atomic mass is 35.5. The summed E-state index contributed by atoms with van der Waals surface area (Å²) in [5.41, 5.74) is 0.800. The van der Waals surface area contributed by atoms with Gasteiger partial charge in [0.25, 0.3) is 0 Å².